The summed E-state index contributed by atoms with van der Waals surface area (Å²) in [5, 5.41) is 7.28. The molecule has 7 nitrogen and oxygen atoms in total. The van der Waals surface area contributed by atoms with Gasteiger partial charge in [0.2, 0.25) is 11.9 Å². The van der Waals surface area contributed by atoms with E-state index < -0.39 is 0 Å². The molecular weight excluding hydrogens is 352 g/mol. The molecule has 1 atom stereocenters. The minimum absolute atomic E-state index is 0.0364. The average Bonchev–Trinajstić information content (AvgIpc) is 3.05. The van der Waals surface area contributed by atoms with Gasteiger partial charge in [0.25, 0.3) is 5.78 Å². The van der Waals surface area contributed by atoms with Crippen molar-refractivity contribution in [1.82, 2.24) is 24.9 Å². The predicted molar refractivity (Wildman–Crippen MR) is 108 cm³/mol. The van der Waals surface area contributed by atoms with E-state index >= 15 is 0 Å². The van der Waals surface area contributed by atoms with Gasteiger partial charge >= 0.3 is 0 Å². The fraction of sp³-hybridized carbons (Fsp3) is 0.429. The molecule has 1 aliphatic rings. The summed E-state index contributed by atoms with van der Waals surface area (Å²) < 4.78 is 1.60. The van der Waals surface area contributed by atoms with Crippen molar-refractivity contribution in [3.8, 4) is 0 Å². The number of rotatable bonds is 4. The van der Waals surface area contributed by atoms with E-state index in [0.29, 0.717) is 5.78 Å². The van der Waals surface area contributed by atoms with Gasteiger partial charge in [0.1, 0.15) is 0 Å². The number of carbonyl (C=O) groups excluding carboxylic acids is 1. The Hall–Kier alpha value is -2.96. The molecule has 7 heteroatoms. The van der Waals surface area contributed by atoms with E-state index in [0.717, 1.165) is 35.4 Å². The van der Waals surface area contributed by atoms with Crippen LogP contribution < -0.4 is 11.1 Å². The Bertz CT molecular complexity index is 1050. The molecule has 0 bridgehead atoms. The molecule has 2 heterocycles. The lowest BCUT2D eigenvalue weighted by Gasteiger charge is -2.20. The van der Waals surface area contributed by atoms with E-state index in [9.17, 15) is 4.79 Å². The summed E-state index contributed by atoms with van der Waals surface area (Å²) in [6.45, 7) is 5.82. The van der Waals surface area contributed by atoms with Gasteiger partial charge in [-0.3, -0.25) is 4.79 Å². The van der Waals surface area contributed by atoms with Crippen LogP contribution in [0.15, 0.2) is 18.2 Å². The highest BCUT2D eigenvalue weighted by Gasteiger charge is 2.18. The summed E-state index contributed by atoms with van der Waals surface area (Å²) in [6.07, 6.45) is 5.06. The number of nitrogens with one attached hydrogen (secondary N) is 1. The number of fused-ring (bicyclic) bond motifs is 2. The van der Waals surface area contributed by atoms with Crippen LogP contribution in [0.1, 0.15) is 59.4 Å². The Morgan fingerprint density at radius 2 is 1.96 bits per heavy atom. The second-order valence-corrected chi connectivity index (χ2v) is 7.64. The van der Waals surface area contributed by atoms with Gasteiger partial charge in [0.05, 0.1) is 12.5 Å². The van der Waals surface area contributed by atoms with E-state index in [-0.39, 0.29) is 24.3 Å². The third-order valence-electron chi connectivity index (χ3n) is 5.65. The minimum Gasteiger partial charge on any atom is -0.366 e. The van der Waals surface area contributed by atoms with Gasteiger partial charge in [-0.1, -0.05) is 18.2 Å². The van der Waals surface area contributed by atoms with Crippen LogP contribution in [0, 0.1) is 13.8 Å². The molecule has 28 heavy (non-hydrogen) atoms. The van der Waals surface area contributed by atoms with Crippen molar-refractivity contribution in [1.29, 1.82) is 0 Å². The van der Waals surface area contributed by atoms with Crippen molar-refractivity contribution in [2.24, 2.45) is 0 Å². The zero-order valence-corrected chi connectivity index (χ0v) is 16.6. The molecule has 3 N–H and O–H groups in total. The maximum absolute atomic E-state index is 12.7. The van der Waals surface area contributed by atoms with Gasteiger partial charge in [-0.2, -0.15) is 9.50 Å². The zero-order chi connectivity index (χ0) is 19.8. The number of anilines is 1. The van der Waals surface area contributed by atoms with Crippen molar-refractivity contribution in [2.75, 3.05) is 5.73 Å². The summed E-state index contributed by atoms with van der Waals surface area (Å²) in [7, 11) is 0. The quantitative estimate of drug-likeness (QED) is 0.727. The highest BCUT2D eigenvalue weighted by atomic mass is 16.1. The number of aryl methyl sites for hydroxylation is 4. The Morgan fingerprint density at radius 3 is 2.75 bits per heavy atom. The number of aromatic nitrogens is 4. The van der Waals surface area contributed by atoms with Gasteiger partial charge in [-0.15, -0.1) is 5.10 Å². The molecule has 0 fully saturated rings. The first-order chi connectivity index (χ1) is 13.4. The van der Waals surface area contributed by atoms with Crippen molar-refractivity contribution in [3.05, 3.63) is 51.8 Å². The van der Waals surface area contributed by atoms with Gasteiger partial charge in [-0.25, -0.2) is 4.98 Å². The molecule has 1 aromatic carbocycles. The fourth-order valence-electron chi connectivity index (χ4n) is 4.04. The molecule has 0 radical (unpaired) electrons. The van der Waals surface area contributed by atoms with Gasteiger partial charge < -0.3 is 11.1 Å². The third-order valence-corrected chi connectivity index (χ3v) is 5.65. The molecule has 4 rings (SSSR count). The molecule has 1 amide bonds. The number of hydrogen-bond donors (Lipinski definition) is 2. The number of nitrogens with zero attached hydrogens (tertiary/aromatic N) is 4. The van der Waals surface area contributed by atoms with Crippen molar-refractivity contribution in [3.63, 3.8) is 0 Å². The molecule has 146 valence electrons. The van der Waals surface area contributed by atoms with Crippen LogP contribution in [0.2, 0.25) is 0 Å². The van der Waals surface area contributed by atoms with Crippen LogP contribution >= 0.6 is 0 Å². The molecule has 1 aliphatic carbocycles. The molecule has 2 aromatic heterocycles. The van der Waals surface area contributed by atoms with Crippen LogP contribution in [-0.2, 0) is 24.1 Å². The first kappa shape index (κ1) is 18.4. The number of carbonyl (C=O) groups is 1. The Morgan fingerprint density at radius 1 is 1.21 bits per heavy atom. The largest absolute Gasteiger partial charge is 0.366 e. The second-order valence-electron chi connectivity index (χ2n) is 7.64. The maximum atomic E-state index is 12.7. The maximum Gasteiger partial charge on any atom is 0.254 e. The smallest absolute Gasteiger partial charge is 0.254 e. The van der Waals surface area contributed by atoms with E-state index in [1.54, 1.807) is 4.52 Å². The standard InChI is InChI=1S/C21H26N6O/c1-12(16-9-8-15-6-4-5-7-17(15)10-16)23-19(28)11-18-13(2)24-21-25-20(22)26-27(21)14(18)3/h8-10,12H,4-7,11H2,1-3H3,(H2,22,26)(H,23,28). The summed E-state index contributed by atoms with van der Waals surface area (Å²) in [6, 6.07) is 6.56. The number of nitrogens with two attached hydrogens (primary N) is 1. The summed E-state index contributed by atoms with van der Waals surface area (Å²) in [5.74, 6) is 0.599. The zero-order valence-electron chi connectivity index (χ0n) is 16.6. The first-order valence-corrected chi connectivity index (χ1v) is 9.81. The van der Waals surface area contributed by atoms with Crippen LogP contribution in [0.25, 0.3) is 5.78 Å². The summed E-state index contributed by atoms with van der Waals surface area (Å²) in [4.78, 5) is 21.2. The van der Waals surface area contributed by atoms with Gasteiger partial charge in [-0.05, 0) is 63.1 Å². The molecule has 3 aromatic rings. The molecule has 0 saturated heterocycles. The lowest BCUT2D eigenvalue weighted by molar-refractivity contribution is -0.121. The van der Waals surface area contributed by atoms with Gasteiger partial charge in [0, 0.05) is 17.0 Å². The van der Waals surface area contributed by atoms with E-state index in [1.807, 2.05) is 20.8 Å². The molecule has 1 unspecified atom stereocenters. The number of benzene rings is 1. The van der Waals surface area contributed by atoms with Crippen LogP contribution in [0.4, 0.5) is 5.95 Å². The monoisotopic (exact) mass is 378 g/mol. The highest BCUT2D eigenvalue weighted by Crippen LogP contribution is 2.25. The minimum atomic E-state index is -0.0426. The molecule has 0 aliphatic heterocycles. The van der Waals surface area contributed by atoms with Crippen molar-refractivity contribution in [2.45, 2.75) is 58.9 Å². The topological polar surface area (TPSA) is 98.2 Å². The average molecular weight is 378 g/mol. The Balaban J connectivity index is 1.50. The molecular formula is C21H26N6O. The summed E-state index contributed by atoms with van der Waals surface area (Å²) >= 11 is 0. The number of amides is 1. The highest BCUT2D eigenvalue weighted by molar-refractivity contribution is 5.79. The van der Waals surface area contributed by atoms with Crippen molar-refractivity contribution < 1.29 is 4.79 Å². The lowest BCUT2D eigenvalue weighted by atomic mass is 9.89. The molecule has 0 spiro atoms. The lowest BCUT2D eigenvalue weighted by Crippen LogP contribution is -2.29. The fourth-order valence-corrected chi connectivity index (χ4v) is 4.04. The second kappa shape index (κ2) is 7.22. The van der Waals surface area contributed by atoms with E-state index in [4.69, 9.17) is 5.73 Å². The normalized spacial score (nSPS) is 14.7. The third kappa shape index (κ3) is 3.44. The SMILES string of the molecule is Cc1nc2nc(N)nn2c(C)c1CC(=O)NC(C)c1ccc2c(c1)CCCC2. The van der Waals surface area contributed by atoms with E-state index in [2.05, 4.69) is 38.6 Å². The van der Waals surface area contributed by atoms with Crippen LogP contribution in [-0.4, -0.2) is 25.5 Å². The predicted octanol–water partition coefficient (Wildman–Crippen LogP) is 2.62. The van der Waals surface area contributed by atoms with Crippen LogP contribution in [0.3, 0.4) is 0 Å². The van der Waals surface area contributed by atoms with Crippen molar-refractivity contribution >= 4 is 17.6 Å². The molecule has 0 saturated carbocycles. The van der Waals surface area contributed by atoms with E-state index in [1.165, 1.54) is 24.0 Å². The Kier molecular flexibility index (Phi) is 4.75. The summed E-state index contributed by atoms with van der Waals surface area (Å²) in [5.41, 5.74) is 12.2. The number of hydrogen-bond acceptors (Lipinski definition) is 5. The first-order valence-electron chi connectivity index (χ1n) is 9.81. The van der Waals surface area contributed by atoms with Crippen LogP contribution in [0.5, 0.6) is 0 Å². The Labute approximate surface area is 164 Å². The number of nitrogen functional groups attached to an aromatic ring is 1. The van der Waals surface area contributed by atoms with Gasteiger partial charge in [0.15, 0.2) is 0 Å².